The van der Waals surface area contributed by atoms with Crippen molar-refractivity contribution in [3.8, 4) is 11.1 Å². The lowest BCUT2D eigenvalue weighted by Crippen LogP contribution is -2.61. The number of aliphatic carboxylic acids is 1. The first kappa shape index (κ1) is 24.7. The number of benzene rings is 1. The Labute approximate surface area is 199 Å². The van der Waals surface area contributed by atoms with E-state index < -0.39 is 28.7 Å². The summed E-state index contributed by atoms with van der Waals surface area (Å²) < 4.78 is 0. The number of thiol groups is 1. The summed E-state index contributed by atoms with van der Waals surface area (Å²) >= 11 is 4.36. The highest BCUT2D eigenvalue weighted by Gasteiger charge is 2.44. The molecule has 3 rings (SSSR count). The van der Waals surface area contributed by atoms with Crippen LogP contribution in [-0.4, -0.2) is 49.7 Å². The quantitative estimate of drug-likeness (QED) is 0.418. The van der Waals surface area contributed by atoms with Crippen molar-refractivity contribution in [1.82, 2.24) is 20.6 Å². The molecule has 2 amide bonds. The van der Waals surface area contributed by atoms with E-state index >= 15 is 0 Å². The van der Waals surface area contributed by atoms with Gasteiger partial charge in [0.25, 0.3) is 0 Å². The Hall–Kier alpha value is -2.94. The zero-order valence-corrected chi connectivity index (χ0v) is 19.7. The lowest BCUT2D eigenvalue weighted by atomic mass is 9.94. The van der Waals surface area contributed by atoms with Gasteiger partial charge in [0.2, 0.25) is 11.8 Å². The van der Waals surface area contributed by atoms with Crippen molar-refractivity contribution in [2.45, 2.75) is 62.8 Å². The molecule has 1 saturated carbocycles. The van der Waals surface area contributed by atoms with Gasteiger partial charge in [-0.15, -0.1) is 0 Å². The van der Waals surface area contributed by atoms with E-state index in [1.165, 1.54) is 6.33 Å². The molecule has 0 radical (unpaired) electrons. The van der Waals surface area contributed by atoms with Gasteiger partial charge in [-0.05, 0) is 29.9 Å². The van der Waals surface area contributed by atoms with E-state index in [-0.39, 0.29) is 18.2 Å². The first-order valence-corrected chi connectivity index (χ1v) is 11.6. The van der Waals surface area contributed by atoms with Gasteiger partial charge in [0.15, 0.2) is 0 Å². The van der Waals surface area contributed by atoms with E-state index in [9.17, 15) is 19.5 Å². The lowest BCUT2D eigenvalue weighted by Gasteiger charge is -2.32. The summed E-state index contributed by atoms with van der Waals surface area (Å²) in [7, 11) is 0. The molecule has 3 N–H and O–H groups in total. The van der Waals surface area contributed by atoms with Gasteiger partial charge in [0, 0.05) is 24.4 Å². The SMILES string of the molecule is CC(C)[C@H](S)C(=O)NC1(C(=O)N[C@@H](Cc2ccc(-c3cncnc3)cc2)C(=O)O)CCCC1. The number of amides is 2. The summed E-state index contributed by atoms with van der Waals surface area (Å²) in [4.78, 5) is 45.8. The fourth-order valence-corrected chi connectivity index (χ4v) is 4.08. The Balaban J connectivity index is 1.71. The number of carbonyl (C=O) groups excluding carboxylic acids is 2. The molecule has 1 heterocycles. The molecule has 0 aliphatic heterocycles. The van der Waals surface area contributed by atoms with E-state index in [0.717, 1.165) is 29.5 Å². The second-order valence-electron chi connectivity index (χ2n) is 8.86. The van der Waals surface area contributed by atoms with Crippen LogP contribution in [0.2, 0.25) is 0 Å². The summed E-state index contributed by atoms with van der Waals surface area (Å²) in [5, 5.41) is 14.8. The molecule has 0 bridgehead atoms. The van der Waals surface area contributed by atoms with Crippen molar-refractivity contribution in [2.24, 2.45) is 5.92 Å². The van der Waals surface area contributed by atoms with E-state index in [1.54, 1.807) is 12.4 Å². The van der Waals surface area contributed by atoms with Crippen LogP contribution in [-0.2, 0) is 20.8 Å². The highest BCUT2D eigenvalue weighted by atomic mass is 32.1. The minimum absolute atomic E-state index is 0.00651. The second-order valence-corrected chi connectivity index (χ2v) is 9.42. The number of aromatic nitrogens is 2. The van der Waals surface area contributed by atoms with E-state index in [0.29, 0.717) is 12.8 Å². The minimum Gasteiger partial charge on any atom is -0.480 e. The Kier molecular flexibility index (Phi) is 8.07. The summed E-state index contributed by atoms with van der Waals surface area (Å²) in [6, 6.07) is 6.27. The second kappa shape index (κ2) is 10.8. The van der Waals surface area contributed by atoms with Gasteiger partial charge >= 0.3 is 5.97 Å². The lowest BCUT2D eigenvalue weighted by molar-refractivity contribution is -0.143. The molecule has 1 fully saturated rings. The number of hydrogen-bond donors (Lipinski definition) is 4. The summed E-state index contributed by atoms with van der Waals surface area (Å²) in [5.41, 5.74) is 1.44. The number of carbonyl (C=O) groups is 3. The maximum absolute atomic E-state index is 13.2. The number of carboxylic acid groups (broad SMARTS) is 1. The molecule has 1 aliphatic rings. The molecule has 1 aromatic heterocycles. The molecule has 0 saturated heterocycles. The molecule has 33 heavy (non-hydrogen) atoms. The van der Waals surface area contributed by atoms with Crippen LogP contribution in [0.15, 0.2) is 43.0 Å². The summed E-state index contributed by atoms with van der Waals surface area (Å²) in [5.74, 6) is -1.88. The fraction of sp³-hybridized carbons (Fsp3) is 0.458. The van der Waals surface area contributed by atoms with Crippen LogP contribution in [0.4, 0.5) is 0 Å². The van der Waals surface area contributed by atoms with E-state index in [2.05, 4.69) is 33.2 Å². The van der Waals surface area contributed by atoms with Crippen LogP contribution in [0, 0.1) is 5.92 Å². The molecule has 176 valence electrons. The van der Waals surface area contributed by atoms with Crippen LogP contribution >= 0.6 is 12.6 Å². The predicted molar refractivity (Wildman–Crippen MR) is 128 cm³/mol. The van der Waals surface area contributed by atoms with Gasteiger partial charge in [-0.3, -0.25) is 9.59 Å². The Morgan fingerprint density at radius 3 is 2.21 bits per heavy atom. The molecule has 9 heteroatoms. The van der Waals surface area contributed by atoms with Gasteiger partial charge in [0.1, 0.15) is 17.9 Å². The largest absolute Gasteiger partial charge is 0.480 e. The highest BCUT2D eigenvalue weighted by molar-refractivity contribution is 7.81. The summed E-state index contributed by atoms with van der Waals surface area (Å²) in [6.07, 6.45) is 7.50. The molecular weight excluding hydrogens is 440 g/mol. The molecule has 0 unspecified atom stereocenters. The van der Waals surface area contributed by atoms with Gasteiger partial charge in [0.05, 0.1) is 5.25 Å². The topological polar surface area (TPSA) is 121 Å². The highest BCUT2D eigenvalue weighted by Crippen LogP contribution is 2.31. The van der Waals surface area contributed by atoms with E-state index in [4.69, 9.17) is 0 Å². The molecule has 1 aliphatic carbocycles. The molecule has 0 spiro atoms. The van der Waals surface area contributed by atoms with Crippen LogP contribution in [0.5, 0.6) is 0 Å². The Bertz CT molecular complexity index is 976. The van der Waals surface area contributed by atoms with Crippen LogP contribution in [0.3, 0.4) is 0 Å². The molecule has 2 atom stereocenters. The third kappa shape index (κ3) is 6.10. The minimum atomic E-state index is -1.13. The first-order valence-electron chi connectivity index (χ1n) is 11.1. The van der Waals surface area contributed by atoms with Gasteiger partial charge in [-0.2, -0.15) is 12.6 Å². The van der Waals surface area contributed by atoms with Crippen molar-refractivity contribution in [3.05, 3.63) is 48.5 Å². The Morgan fingerprint density at radius 1 is 1.06 bits per heavy atom. The zero-order chi connectivity index (χ0) is 24.0. The van der Waals surface area contributed by atoms with Crippen molar-refractivity contribution < 1.29 is 19.5 Å². The number of nitrogens with zero attached hydrogens (tertiary/aromatic N) is 2. The van der Waals surface area contributed by atoms with Crippen molar-refractivity contribution in [1.29, 1.82) is 0 Å². The number of carboxylic acids is 1. The molecular formula is C24H30N4O4S. The standard InChI is InChI=1S/C24H30N4O4S/c1-15(2)20(33)21(29)28-24(9-3-4-10-24)23(32)27-19(22(30)31)11-16-5-7-17(8-6-16)18-12-25-14-26-13-18/h5-8,12-15,19-20,33H,3-4,9-11H2,1-2H3,(H,27,32)(H,28,29)(H,30,31)/t19-,20-/m0/s1. The smallest absolute Gasteiger partial charge is 0.326 e. The maximum atomic E-state index is 13.2. The Morgan fingerprint density at radius 2 is 1.67 bits per heavy atom. The fourth-order valence-electron chi connectivity index (χ4n) is 4.01. The predicted octanol–water partition coefficient (Wildman–Crippen LogP) is 2.64. The van der Waals surface area contributed by atoms with Crippen molar-refractivity contribution in [3.63, 3.8) is 0 Å². The average Bonchev–Trinajstić information content (AvgIpc) is 3.28. The molecule has 1 aromatic carbocycles. The van der Waals surface area contributed by atoms with Crippen LogP contribution < -0.4 is 10.6 Å². The van der Waals surface area contributed by atoms with Crippen LogP contribution in [0.25, 0.3) is 11.1 Å². The third-order valence-electron chi connectivity index (χ3n) is 6.05. The first-order chi connectivity index (χ1) is 15.7. The maximum Gasteiger partial charge on any atom is 0.326 e. The van der Waals surface area contributed by atoms with Crippen LogP contribution in [0.1, 0.15) is 45.1 Å². The zero-order valence-electron chi connectivity index (χ0n) is 18.8. The third-order valence-corrected chi connectivity index (χ3v) is 6.88. The van der Waals surface area contributed by atoms with E-state index in [1.807, 2.05) is 38.1 Å². The average molecular weight is 471 g/mol. The number of nitrogens with one attached hydrogen (secondary N) is 2. The van der Waals surface area contributed by atoms with Crippen molar-refractivity contribution >= 4 is 30.4 Å². The monoisotopic (exact) mass is 470 g/mol. The van der Waals surface area contributed by atoms with Gasteiger partial charge < -0.3 is 15.7 Å². The molecule has 8 nitrogen and oxygen atoms in total. The van der Waals surface area contributed by atoms with Crippen molar-refractivity contribution in [2.75, 3.05) is 0 Å². The summed E-state index contributed by atoms with van der Waals surface area (Å²) in [6.45, 7) is 3.77. The van der Waals surface area contributed by atoms with Gasteiger partial charge in [-0.25, -0.2) is 14.8 Å². The number of hydrogen-bond acceptors (Lipinski definition) is 6. The van der Waals surface area contributed by atoms with Gasteiger partial charge in [-0.1, -0.05) is 51.0 Å². The molecule has 2 aromatic rings. The number of rotatable bonds is 9. The normalized spacial score (nSPS) is 16.7.